The van der Waals surface area contributed by atoms with Crippen molar-refractivity contribution < 1.29 is 9.53 Å². The molecule has 0 saturated carbocycles. The molecule has 1 aromatic carbocycles. The molecule has 1 saturated heterocycles. The van der Waals surface area contributed by atoms with E-state index in [1.54, 1.807) is 0 Å². The molecule has 2 aromatic rings. The highest BCUT2D eigenvalue weighted by molar-refractivity contribution is 6.01. The van der Waals surface area contributed by atoms with Gasteiger partial charge in [0, 0.05) is 44.1 Å². The number of carbonyl (C=O) groups is 1. The van der Waals surface area contributed by atoms with Crippen LogP contribution in [-0.2, 0) is 11.8 Å². The topological polar surface area (TPSA) is 46.5 Å². The molecule has 0 aliphatic carbocycles. The number of aromatic nitrogens is 1. The van der Waals surface area contributed by atoms with E-state index in [4.69, 9.17) is 4.74 Å². The Labute approximate surface area is 130 Å². The monoisotopic (exact) mass is 301 g/mol. The van der Waals surface area contributed by atoms with Crippen LogP contribution in [0.3, 0.4) is 0 Å². The Morgan fingerprint density at radius 2 is 2.00 bits per heavy atom. The number of benzene rings is 1. The van der Waals surface area contributed by atoms with Gasteiger partial charge in [-0.05, 0) is 18.6 Å². The summed E-state index contributed by atoms with van der Waals surface area (Å²) in [5.74, 6) is 0.00413. The van der Waals surface area contributed by atoms with Gasteiger partial charge in [0.05, 0.1) is 13.2 Å². The van der Waals surface area contributed by atoms with Crippen molar-refractivity contribution in [3.63, 3.8) is 0 Å². The summed E-state index contributed by atoms with van der Waals surface area (Å²) in [5, 5.41) is 4.19. The van der Waals surface area contributed by atoms with E-state index in [-0.39, 0.29) is 5.91 Å². The Morgan fingerprint density at radius 1 is 1.27 bits per heavy atom. The van der Waals surface area contributed by atoms with Gasteiger partial charge in [-0.25, -0.2) is 0 Å². The molecule has 1 aromatic heterocycles. The molecule has 0 radical (unpaired) electrons. The molecule has 22 heavy (non-hydrogen) atoms. The van der Waals surface area contributed by atoms with Crippen molar-refractivity contribution in [2.24, 2.45) is 7.05 Å². The Morgan fingerprint density at radius 3 is 2.73 bits per heavy atom. The maximum absolute atomic E-state index is 12.5. The van der Waals surface area contributed by atoms with Crippen LogP contribution in [-0.4, -0.2) is 54.8 Å². The Bertz CT molecular complexity index is 633. The molecule has 0 spiro atoms. The quantitative estimate of drug-likeness (QED) is 0.932. The van der Waals surface area contributed by atoms with Gasteiger partial charge >= 0.3 is 0 Å². The molecule has 0 bridgehead atoms. The third-order valence-corrected chi connectivity index (χ3v) is 4.39. The molecule has 0 atom stereocenters. The fraction of sp³-hybridized carbons (Fsp3) is 0.471. The van der Waals surface area contributed by atoms with Crippen molar-refractivity contribution in [1.82, 2.24) is 14.8 Å². The second-order valence-electron chi connectivity index (χ2n) is 5.76. The summed E-state index contributed by atoms with van der Waals surface area (Å²) in [7, 11) is 1.95. The summed E-state index contributed by atoms with van der Waals surface area (Å²) < 4.78 is 7.31. The zero-order valence-electron chi connectivity index (χ0n) is 13.3. The summed E-state index contributed by atoms with van der Waals surface area (Å²) in [5.41, 5.74) is 2.89. The number of aryl methyl sites for hydroxylation is 2. The van der Waals surface area contributed by atoms with Crippen molar-refractivity contribution in [2.75, 3.05) is 39.4 Å². The van der Waals surface area contributed by atoms with Crippen molar-refractivity contribution in [1.29, 1.82) is 0 Å². The van der Waals surface area contributed by atoms with Crippen LogP contribution in [0.2, 0.25) is 0 Å². The average Bonchev–Trinajstić information content (AvgIpc) is 2.80. The predicted octanol–water partition coefficient (Wildman–Crippen LogP) is 1.55. The number of hydrogen-bond donors (Lipinski definition) is 1. The standard InChI is InChI=1S/C17H23N3O2/c1-13-14-5-3-4-6-15(14)19(2)16(13)17(21)18-7-8-20-9-11-22-12-10-20/h3-6H,7-12H2,1-2H3,(H,18,21). The predicted molar refractivity (Wildman–Crippen MR) is 87.2 cm³/mol. The molecule has 3 rings (SSSR count). The van der Waals surface area contributed by atoms with Crippen LogP contribution in [0.4, 0.5) is 0 Å². The van der Waals surface area contributed by atoms with Crippen LogP contribution in [0.5, 0.6) is 0 Å². The number of para-hydroxylation sites is 1. The maximum Gasteiger partial charge on any atom is 0.268 e. The van der Waals surface area contributed by atoms with Crippen LogP contribution >= 0.6 is 0 Å². The number of nitrogens with one attached hydrogen (secondary N) is 1. The fourth-order valence-corrected chi connectivity index (χ4v) is 3.14. The van der Waals surface area contributed by atoms with E-state index in [1.165, 1.54) is 0 Å². The molecule has 1 fully saturated rings. The van der Waals surface area contributed by atoms with E-state index in [0.29, 0.717) is 6.54 Å². The SMILES string of the molecule is Cc1c(C(=O)NCCN2CCOCC2)n(C)c2ccccc12. The van der Waals surface area contributed by atoms with Gasteiger partial charge < -0.3 is 14.6 Å². The zero-order valence-corrected chi connectivity index (χ0v) is 13.3. The number of hydrogen-bond acceptors (Lipinski definition) is 3. The molecular formula is C17H23N3O2. The van der Waals surface area contributed by atoms with E-state index >= 15 is 0 Å². The molecule has 118 valence electrons. The van der Waals surface area contributed by atoms with E-state index in [9.17, 15) is 4.79 Å². The van der Waals surface area contributed by atoms with Crippen molar-refractivity contribution in [3.8, 4) is 0 Å². The summed E-state index contributed by atoms with van der Waals surface area (Å²) in [6.45, 7) is 7.02. The second-order valence-corrected chi connectivity index (χ2v) is 5.76. The van der Waals surface area contributed by atoms with E-state index in [0.717, 1.165) is 55.0 Å². The molecule has 1 amide bonds. The highest BCUT2D eigenvalue weighted by atomic mass is 16.5. The molecule has 1 N–H and O–H groups in total. The smallest absolute Gasteiger partial charge is 0.268 e. The molecule has 2 heterocycles. The molecule has 5 heteroatoms. The second kappa shape index (κ2) is 6.50. The minimum absolute atomic E-state index is 0.00413. The number of morpholine rings is 1. The molecule has 1 aliphatic heterocycles. The van der Waals surface area contributed by atoms with Gasteiger partial charge in [0.15, 0.2) is 0 Å². The fourth-order valence-electron chi connectivity index (χ4n) is 3.14. The first kappa shape index (κ1) is 15.1. The largest absolute Gasteiger partial charge is 0.379 e. The van der Waals surface area contributed by atoms with Crippen molar-refractivity contribution in [2.45, 2.75) is 6.92 Å². The van der Waals surface area contributed by atoms with Gasteiger partial charge in [0.2, 0.25) is 0 Å². The van der Waals surface area contributed by atoms with Crippen molar-refractivity contribution in [3.05, 3.63) is 35.5 Å². The van der Waals surface area contributed by atoms with Gasteiger partial charge in [0.25, 0.3) is 5.91 Å². The number of ether oxygens (including phenoxy) is 1. The Kier molecular flexibility index (Phi) is 4.45. The molecule has 5 nitrogen and oxygen atoms in total. The molecule has 1 aliphatic rings. The first-order valence-electron chi connectivity index (χ1n) is 7.81. The highest BCUT2D eigenvalue weighted by Crippen LogP contribution is 2.24. The number of amides is 1. The lowest BCUT2D eigenvalue weighted by Gasteiger charge is -2.26. The Balaban J connectivity index is 1.67. The molecular weight excluding hydrogens is 278 g/mol. The van der Waals surface area contributed by atoms with Gasteiger partial charge in [-0.2, -0.15) is 0 Å². The average molecular weight is 301 g/mol. The van der Waals surface area contributed by atoms with Gasteiger partial charge in [-0.3, -0.25) is 9.69 Å². The number of carbonyl (C=O) groups excluding carboxylic acids is 1. The zero-order chi connectivity index (χ0) is 15.5. The summed E-state index contributed by atoms with van der Waals surface area (Å²) in [4.78, 5) is 14.8. The lowest BCUT2D eigenvalue weighted by atomic mass is 10.1. The Hall–Kier alpha value is -1.85. The normalized spacial score (nSPS) is 16.1. The van der Waals surface area contributed by atoms with E-state index < -0.39 is 0 Å². The highest BCUT2D eigenvalue weighted by Gasteiger charge is 2.18. The van der Waals surface area contributed by atoms with Crippen LogP contribution < -0.4 is 5.32 Å². The van der Waals surface area contributed by atoms with E-state index in [2.05, 4.69) is 16.3 Å². The molecule has 0 unspecified atom stereocenters. The summed E-state index contributed by atoms with van der Waals surface area (Å²) in [6, 6.07) is 8.12. The van der Waals surface area contributed by atoms with Crippen LogP contribution in [0.1, 0.15) is 16.1 Å². The lowest BCUT2D eigenvalue weighted by molar-refractivity contribution is 0.0383. The van der Waals surface area contributed by atoms with Crippen molar-refractivity contribution >= 4 is 16.8 Å². The minimum Gasteiger partial charge on any atom is -0.379 e. The van der Waals surface area contributed by atoms with Gasteiger partial charge in [0.1, 0.15) is 5.69 Å². The van der Waals surface area contributed by atoms with Crippen LogP contribution in [0.25, 0.3) is 10.9 Å². The third-order valence-electron chi connectivity index (χ3n) is 4.39. The van der Waals surface area contributed by atoms with Crippen LogP contribution in [0, 0.1) is 6.92 Å². The van der Waals surface area contributed by atoms with Gasteiger partial charge in [-0.1, -0.05) is 18.2 Å². The summed E-state index contributed by atoms with van der Waals surface area (Å²) >= 11 is 0. The first-order valence-corrected chi connectivity index (χ1v) is 7.81. The maximum atomic E-state index is 12.5. The number of fused-ring (bicyclic) bond motifs is 1. The van der Waals surface area contributed by atoms with E-state index in [1.807, 2.05) is 36.7 Å². The summed E-state index contributed by atoms with van der Waals surface area (Å²) in [6.07, 6.45) is 0. The minimum atomic E-state index is 0.00413. The van der Waals surface area contributed by atoms with Crippen LogP contribution in [0.15, 0.2) is 24.3 Å². The van der Waals surface area contributed by atoms with Gasteiger partial charge in [-0.15, -0.1) is 0 Å². The third kappa shape index (κ3) is 2.87. The first-order chi connectivity index (χ1) is 10.7. The number of nitrogens with zero attached hydrogens (tertiary/aromatic N) is 2. The lowest BCUT2D eigenvalue weighted by Crippen LogP contribution is -2.41. The number of rotatable bonds is 4.